The zero-order valence-corrected chi connectivity index (χ0v) is 9.14. The maximum absolute atomic E-state index is 5.14. The lowest BCUT2D eigenvalue weighted by Crippen LogP contribution is -1.98. The molecule has 0 aliphatic heterocycles. The van der Waals surface area contributed by atoms with Crippen LogP contribution in [-0.4, -0.2) is 22.1 Å². The van der Waals surface area contributed by atoms with Crippen molar-refractivity contribution in [2.45, 2.75) is 6.92 Å². The molecule has 5 nitrogen and oxygen atoms in total. The first-order valence-corrected chi connectivity index (χ1v) is 4.83. The van der Waals surface area contributed by atoms with Crippen LogP contribution in [0.25, 0.3) is 0 Å². The molecule has 0 spiro atoms. The molecule has 2 rings (SSSR count). The van der Waals surface area contributed by atoms with Gasteiger partial charge >= 0.3 is 0 Å². The second-order valence-electron chi connectivity index (χ2n) is 3.25. The average Bonchev–Trinajstić information content (AvgIpc) is 2.30. The van der Waals surface area contributed by atoms with Crippen LogP contribution >= 0.6 is 0 Å². The van der Waals surface area contributed by atoms with Crippen LogP contribution in [0.1, 0.15) is 5.69 Å². The van der Waals surface area contributed by atoms with E-state index in [1.807, 2.05) is 19.1 Å². The van der Waals surface area contributed by atoms with Crippen LogP contribution in [0.15, 0.2) is 30.9 Å². The molecule has 0 aromatic carbocycles. The number of aromatic nitrogens is 3. The van der Waals surface area contributed by atoms with Gasteiger partial charge in [0.1, 0.15) is 6.33 Å². The molecule has 0 bridgehead atoms. The highest BCUT2D eigenvalue weighted by atomic mass is 16.5. The lowest BCUT2D eigenvalue weighted by molar-refractivity contribution is 0.413. The molecular weight excluding hydrogens is 204 g/mol. The summed E-state index contributed by atoms with van der Waals surface area (Å²) in [5.41, 5.74) is 1.86. The number of hydrogen-bond acceptors (Lipinski definition) is 5. The Balaban J connectivity index is 2.26. The number of pyridine rings is 1. The number of hydrogen-bond donors (Lipinski definition) is 1. The Morgan fingerprint density at radius 3 is 2.94 bits per heavy atom. The van der Waals surface area contributed by atoms with Gasteiger partial charge in [0.2, 0.25) is 0 Å². The Morgan fingerprint density at radius 2 is 2.19 bits per heavy atom. The summed E-state index contributed by atoms with van der Waals surface area (Å²) < 4.78 is 5.14. The van der Waals surface area contributed by atoms with E-state index in [1.165, 1.54) is 6.33 Å². The van der Waals surface area contributed by atoms with E-state index in [0.717, 1.165) is 11.4 Å². The summed E-state index contributed by atoms with van der Waals surface area (Å²) in [6.07, 6.45) is 4.83. The number of methoxy groups -OCH3 is 1. The number of nitrogens with one attached hydrogen (secondary N) is 1. The molecule has 2 aromatic rings. The first-order valence-electron chi connectivity index (χ1n) is 4.83. The van der Waals surface area contributed by atoms with Gasteiger partial charge in [0.25, 0.3) is 0 Å². The first kappa shape index (κ1) is 10.4. The fourth-order valence-corrected chi connectivity index (χ4v) is 1.32. The van der Waals surface area contributed by atoms with Crippen molar-refractivity contribution in [1.82, 2.24) is 15.0 Å². The third kappa shape index (κ3) is 2.25. The molecule has 0 fully saturated rings. The molecule has 0 saturated heterocycles. The van der Waals surface area contributed by atoms with E-state index in [2.05, 4.69) is 20.3 Å². The standard InChI is InChI=1S/C11H12N4O/c1-8-5-9(3-4-13-8)15-11-10(16-2)6-12-7-14-11/h3-7H,1-2H3,(H,12,13,14,15). The normalized spacial score (nSPS) is 9.88. The molecule has 0 amide bonds. The van der Waals surface area contributed by atoms with E-state index in [-0.39, 0.29) is 0 Å². The topological polar surface area (TPSA) is 59.9 Å². The molecule has 0 saturated carbocycles. The zero-order chi connectivity index (χ0) is 11.4. The summed E-state index contributed by atoms with van der Waals surface area (Å²) >= 11 is 0. The third-order valence-corrected chi connectivity index (χ3v) is 2.06. The number of rotatable bonds is 3. The summed E-state index contributed by atoms with van der Waals surface area (Å²) in [6.45, 7) is 1.93. The van der Waals surface area contributed by atoms with Gasteiger partial charge in [-0.1, -0.05) is 0 Å². The minimum atomic E-state index is 0.608. The van der Waals surface area contributed by atoms with Crippen LogP contribution in [0.3, 0.4) is 0 Å². The first-order chi connectivity index (χ1) is 7.79. The van der Waals surface area contributed by atoms with Crippen LogP contribution in [-0.2, 0) is 0 Å². The van der Waals surface area contributed by atoms with Gasteiger partial charge in [0.15, 0.2) is 11.6 Å². The molecule has 82 valence electrons. The van der Waals surface area contributed by atoms with E-state index in [9.17, 15) is 0 Å². The second kappa shape index (κ2) is 4.57. The van der Waals surface area contributed by atoms with Gasteiger partial charge in [-0.3, -0.25) is 4.98 Å². The van der Waals surface area contributed by atoms with E-state index < -0.39 is 0 Å². The van der Waals surface area contributed by atoms with Gasteiger partial charge in [0, 0.05) is 17.6 Å². The fraction of sp³-hybridized carbons (Fsp3) is 0.182. The Morgan fingerprint density at radius 1 is 1.31 bits per heavy atom. The third-order valence-electron chi connectivity index (χ3n) is 2.06. The number of aryl methyl sites for hydroxylation is 1. The Hall–Kier alpha value is -2.17. The summed E-state index contributed by atoms with van der Waals surface area (Å²) in [5, 5.41) is 3.15. The fourth-order valence-electron chi connectivity index (χ4n) is 1.32. The van der Waals surface area contributed by atoms with Crippen LogP contribution in [0.4, 0.5) is 11.5 Å². The SMILES string of the molecule is COc1cncnc1Nc1ccnc(C)c1. The van der Waals surface area contributed by atoms with Crippen molar-refractivity contribution in [1.29, 1.82) is 0 Å². The van der Waals surface area contributed by atoms with Gasteiger partial charge in [-0.15, -0.1) is 0 Å². The highest BCUT2D eigenvalue weighted by molar-refractivity contribution is 5.61. The molecule has 2 aromatic heterocycles. The van der Waals surface area contributed by atoms with Crippen LogP contribution in [0, 0.1) is 6.92 Å². The van der Waals surface area contributed by atoms with Crippen molar-refractivity contribution in [3.8, 4) is 5.75 Å². The van der Waals surface area contributed by atoms with Crippen molar-refractivity contribution < 1.29 is 4.74 Å². The van der Waals surface area contributed by atoms with Crippen molar-refractivity contribution in [3.63, 3.8) is 0 Å². The molecule has 0 aliphatic carbocycles. The van der Waals surface area contributed by atoms with Gasteiger partial charge in [-0.05, 0) is 19.1 Å². The molecule has 0 atom stereocenters. The van der Waals surface area contributed by atoms with Crippen LogP contribution in [0.2, 0.25) is 0 Å². The monoisotopic (exact) mass is 216 g/mol. The molecule has 16 heavy (non-hydrogen) atoms. The molecule has 0 radical (unpaired) electrons. The van der Waals surface area contributed by atoms with E-state index in [0.29, 0.717) is 11.6 Å². The van der Waals surface area contributed by atoms with Gasteiger partial charge in [0.05, 0.1) is 13.3 Å². The van der Waals surface area contributed by atoms with Crippen molar-refractivity contribution >= 4 is 11.5 Å². The Kier molecular flexibility index (Phi) is 2.95. The van der Waals surface area contributed by atoms with Crippen molar-refractivity contribution in [3.05, 3.63) is 36.5 Å². The van der Waals surface area contributed by atoms with Gasteiger partial charge in [-0.2, -0.15) is 0 Å². The summed E-state index contributed by atoms with van der Waals surface area (Å²) in [6, 6.07) is 3.80. The van der Waals surface area contributed by atoms with E-state index in [1.54, 1.807) is 19.5 Å². The highest BCUT2D eigenvalue weighted by Gasteiger charge is 2.04. The summed E-state index contributed by atoms with van der Waals surface area (Å²) in [4.78, 5) is 12.1. The number of anilines is 2. The lowest BCUT2D eigenvalue weighted by atomic mass is 10.3. The van der Waals surface area contributed by atoms with Gasteiger partial charge < -0.3 is 10.1 Å². The lowest BCUT2D eigenvalue weighted by Gasteiger charge is -2.08. The summed E-state index contributed by atoms with van der Waals surface area (Å²) in [5.74, 6) is 1.25. The largest absolute Gasteiger partial charge is 0.491 e. The second-order valence-corrected chi connectivity index (χ2v) is 3.25. The number of ether oxygens (including phenoxy) is 1. The molecule has 0 aliphatic rings. The maximum atomic E-state index is 5.14. The molecule has 2 heterocycles. The molecule has 5 heteroatoms. The minimum Gasteiger partial charge on any atom is -0.491 e. The van der Waals surface area contributed by atoms with E-state index >= 15 is 0 Å². The Labute approximate surface area is 93.5 Å². The Bertz CT molecular complexity index is 487. The zero-order valence-electron chi connectivity index (χ0n) is 9.14. The highest BCUT2D eigenvalue weighted by Crippen LogP contribution is 2.23. The van der Waals surface area contributed by atoms with E-state index in [4.69, 9.17) is 4.74 Å². The molecule has 0 unspecified atom stereocenters. The van der Waals surface area contributed by atoms with Crippen molar-refractivity contribution in [2.75, 3.05) is 12.4 Å². The minimum absolute atomic E-state index is 0.608. The summed E-state index contributed by atoms with van der Waals surface area (Å²) in [7, 11) is 1.58. The van der Waals surface area contributed by atoms with Crippen molar-refractivity contribution in [2.24, 2.45) is 0 Å². The van der Waals surface area contributed by atoms with Crippen LogP contribution < -0.4 is 10.1 Å². The molecular formula is C11H12N4O. The predicted octanol–water partition coefficient (Wildman–Crippen LogP) is 1.93. The van der Waals surface area contributed by atoms with Gasteiger partial charge in [-0.25, -0.2) is 9.97 Å². The average molecular weight is 216 g/mol. The van der Waals surface area contributed by atoms with Crippen LogP contribution in [0.5, 0.6) is 5.75 Å². The quantitative estimate of drug-likeness (QED) is 0.849. The maximum Gasteiger partial charge on any atom is 0.179 e. The predicted molar refractivity (Wildman–Crippen MR) is 60.8 cm³/mol. The number of nitrogens with zero attached hydrogens (tertiary/aromatic N) is 3. The smallest absolute Gasteiger partial charge is 0.179 e. The molecule has 1 N–H and O–H groups in total.